The molecule has 0 spiro atoms. The zero-order chi connectivity index (χ0) is 27.4. The summed E-state index contributed by atoms with van der Waals surface area (Å²) in [7, 11) is 6.00. The number of carbonyl (C=O) groups excluding carboxylic acids is 1. The van der Waals surface area contributed by atoms with Crippen molar-refractivity contribution in [2.24, 2.45) is 0 Å². The Hall–Kier alpha value is -4.15. The Morgan fingerprint density at radius 1 is 1.13 bits per heavy atom. The standard InChI is InChI=1S/C29H33FN8O/c1-36(2)9-5-8-25(39)16-20-14-21(17-22(30)15-20)27-26-19-31-35-28(26)34-29(33-27)32-23-6-4-7-24(18-23)38-12-10-37(3)11-13-38/h4-8,14-15,17-19H,9-13,16H2,1-3H3,(H2,31,32,33,34,35)/b8-5+. The van der Waals surface area contributed by atoms with Gasteiger partial charge in [0.2, 0.25) is 5.95 Å². The van der Waals surface area contributed by atoms with Gasteiger partial charge in [0, 0.05) is 56.1 Å². The molecule has 10 heteroatoms. The second kappa shape index (κ2) is 11.7. The highest BCUT2D eigenvalue weighted by Crippen LogP contribution is 2.30. The SMILES string of the molecule is CN(C)C/C=C/C(=O)Cc1cc(F)cc(-c2nc(Nc3cccc(N4CCN(C)CC4)c3)nc3[nH]ncc23)c1. The number of nitrogens with one attached hydrogen (secondary N) is 2. The third kappa shape index (κ3) is 6.65. The smallest absolute Gasteiger partial charge is 0.229 e. The highest BCUT2D eigenvalue weighted by atomic mass is 19.1. The summed E-state index contributed by atoms with van der Waals surface area (Å²) in [6.07, 6.45) is 5.07. The van der Waals surface area contributed by atoms with Crippen LogP contribution in [0, 0.1) is 5.82 Å². The van der Waals surface area contributed by atoms with Gasteiger partial charge in [0.1, 0.15) is 5.82 Å². The number of benzene rings is 2. The predicted octanol–water partition coefficient (Wildman–Crippen LogP) is 3.88. The zero-order valence-corrected chi connectivity index (χ0v) is 22.5. The van der Waals surface area contributed by atoms with Gasteiger partial charge in [-0.3, -0.25) is 9.89 Å². The first-order valence-corrected chi connectivity index (χ1v) is 13.0. The van der Waals surface area contributed by atoms with Gasteiger partial charge >= 0.3 is 0 Å². The minimum Gasteiger partial charge on any atom is -0.369 e. The van der Waals surface area contributed by atoms with Crippen LogP contribution in [0.5, 0.6) is 0 Å². The minimum atomic E-state index is -0.433. The van der Waals surface area contributed by atoms with Crippen LogP contribution in [-0.4, -0.2) is 89.6 Å². The summed E-state index contributed by atoms with van der Waals surface area (Å²) in [6.45, 7) is 4.64. The lowest BCUT2D eigenvalue weighted by atomic mass is 10.0. The van der Waals surface area contributed by atoms with Crippen molar-refractivity contribution in [3.8, 4) is 11.3 Å². The first-order chi connectivity index (χ1) is 18.8. The number of allylic oxidation sites excluding steroid dienone is 1. The van der Waals surface area contributed by atoms with Crippen molar-refractivity contribution < 1.29 is 9.18 Å². The average Bonchev–Trinajstić information content (AvgIpc) is 3.37. The predicted molar refractivity (Wildman–Crippen MR) is 153 cm³/mol. The van der Waals surface area contributed by atoms with E-state index in [1.54, 1.807) is 24.4 Å². The topological polar surface area (TPSA) is 93.3 Å². The maximum absolute atomic E-state index is 14.7. The summed E-state index contributed by atoms with van der Waals surface area (Å²) in [5, 5.41) is 11.0. The number of nitrogens with zero attached hydrogens (tertiary/aromatic N) is 6. The number of likely N-dealkylation sites (N-methyl/N-ethyl adjacent to an activating group) is 2. The van der Waals surface area contributed by atoms with Gasteiger partial charge in [-0.25, -0.2) is 9.37 Å². The summed E-state index contributed by atoms with van der Waals surface area (Å²) in [5.74, 6) is -0.157. The molecular weight excluding hydrogens is 495 g/mol. The minimum absolute atomic E-state index is 0.0906. The van der Waals surface area contributed by atoms with Gasteiger partial charge in [0.25, 0.3) is 0 Å². The number of aromatic nitrogens is 4. The highest BCUT2D eigenvalue weighted by molar-refractivity contribution is 5.93. The van der Waals surface area contributed by atoms with Crippen LogP contribution in [0.1, 0.15) is 5.56 Å². The maximum atomic E-state index is 14.7. The molecule has 1 aliphatic heterocycles. The molecule has 1 aliphatic rings. The Bertz CT molecular complexity index is 1490. The van der Waals surface area contributed by atoms with E-state index in [1.165, 1.54) is 12.1 Å². The third-order valence-corrected chi connectivity index (χ3v) is 6.66. The first kappa shape index (κ1) is 26.5. The lowest BCUT2D eigenvalue weighted by Crippen LogP contribution is -2.44. The fourth-order valence-corrected chi connectivity index (χ4v) is 4.63. The molecule has 0 atom stereocenters. The number of ketones is 1. The van der Waals surface area contributed by atoms with Gasteiger partial charge < -0.3 is 20.0 Å². The maximum Gasteiger partial charge on any atom is 0.229 e. The summed E-state index contributed by atoms with van der Waals surface area (Å²) >= 11 is 0. The molecule has 0 aliphatic carbocycles. The number of fused-ring (bicyclic) bond motifs is 1. The van der Waals surface area contributed by atoms with Crippen molar-refractivity contribution in [1.82, 2.24) is 30.0 Å². The van der Waals surface area contributed by atoms with Gasteiger partial charge in [-0.05, 0) is 69.2 Å². The monoisotopic (exact) mass is 528 g/mol. The Kier molecular flexibility index (Phi) is 7.94. The molecule has 0 saturated carbocycles. The first-order valence-electron chi connectivity index (χ1n) is 13.0. The van der Waals surface area contributed by atoms with Crippen LogP contribution in [0.4, 0.5) is 21.7 Å². The van der Waals surface area contributed by atoms with E-state index in [-0.39, 0.29) is 12.2 Å². The summed E-state index contributed by atoms with van der Waals surface area (Å²) in [4.78, 5) is 28.4. The van der Waals surface area contributed by atoms with E-state index in [1.807, 2.05) is 31.1 Å². The van der Waals surface area contributed by atoms with Crippen LogP contribution in [0.3, 0.4) is 0 Å². The molecule has 0 amide bonds. The van der Waals surface area contributed by atoms with Crippen LogP contribution in [0.15, 0.2) is 60.8 Å². The molecule has 2 aromatic carbocycles. The quantitative estimate of drug-likeness (QED) is 0.316. The lowest BCUT2D eigenvalue weighted by molar-refractivity contribution is -0.114. The van der Waals surface area contributed by atoms with Gasteiger partial charge in [0.05, 0.1) is 17.3 Å². The van der Waals surface area contributed by atoms with Crippen LogP contribution in [0.2, 0.25) is 0 Å². The number of aromatic amines is 1. The molecule has 4 aromatic rings. The molecule has 3 heterocycles. The molecular formula is C29H33FN8O. The number of rotatable bonds is 9. The number of H-pyrrole nitrogens is 1. The molecule has 1 fully saturated rings. The average molecular weight is 529 g/mol. The molecule has 1 saturated heterocycles. The van der Waals surface area contributed by atoms with Gasteiger partial charge in [-0.1, -0.05) is 12.1 Å². The number of hydrogen-bond acceptors (Lipinski definition) is 8. The van der Waals surface area contributed by atoms with E-state index in [2.05, 4.69) is 49.5 Å². The Balaban J connectivity index is 1.41. The van der Waals surface area contributed by atoms with Crippen molar-refractivity contribution in [3.05, 3.63) is 72.2 Å². The number of halogens is 1. The van der Waals surface area contributed by atoms with E-state index >= 15 is 0 Å². The van der Waals surface area contributed by atoms with Crippen molar-refractivity contribution in [2.75, 3.05) is 64.1 Å². The van der Waals surface area contributed by atoms with Crippen molar-refractivity contribution >= 4 is 34.1 Å². The number of carbonyl (C=O) groups is 1. The molecule has 2 aromatic heterocycles. The molecule has 0 unspecified atom stereocenters. The van der Waals surface area contributed by atoms with E-state index in [0.717, 1.165) is 37.6 Å². The molecule has 2 N–H and O–H groups in total. The molecule has 9 nitrogen and oxygen atoms in total. The Labute approximate surface area is 227 Å². The van der Waals surface area contributed by atoms with Gasteiger partial charge in [-0.15, -0.1) is 0 Å². The molecule has 5 rings (SSSR count). The summed E-state index contributed by atoms with van der Waals surface area (Å²) in [5.41, 5.74) is 4.18. The largest absolute Gasteiger partial charge is 0.369 e. The zero-order valence-electron chi connectivity index (χ0n) is 22.5. The molecule has 39 heavy (non-hydrogen) atoms. The summed E-state index contributed by atoms with van der Waals surface area (Å²) < 4.78 is 14.7. The van der Waals surface area contributed by atoms with Crippen LogP contribution in [0.25, 0.3) is 22.3 Å². The normalized spacial score (nSPS) is 14.5. The van der Waals surface area contributed by atoms with E-state index < -0.39 is 5.82 Å². The lowest BCUT2D eigenvalue weighted by Gasteiger charge is -2.34. The second-order valence-corrected chi connectivity index (χ2v) is 10.1. The molecule has 0 radical (unpaired) electrons. The van der Waals surface area contributed by atoms with Crippen LogP contribution in [-0.2, 0) is 11.2 Å². The van der Waals surface area contributed by atoms with Crippen LogP contribution >= 0.6 is 0 Å². The number of piperazine rings is 1. The van der Waals surface area contributed by atoms with Crippen LogP contribution < -0.4 is 10.2 Å². The summed E-state index contributed by atoms with van der Waals surface area (Å²) in [6, 6.07) is 12.8. The van der Waals surface area contributed by atoms with Crippen molar-refractivity contribution in [1.29, 1.82) is 0 Å². The number of hydrogen-bond donors (Lipinski definition) is 2. The highest BCUT2D eigenvalue weighted by Gasteiger charge is 2.17. The third-order valence-electron chi connectivity index (χ3n) is 6.66. The molecule has 202 valence electrons. The fourth-order valence-electron chi connectivity index (χ4n) is 4.63. The van der Waals surface area contributed by atoms with E-state index in [9.17, 15) is 9.18 Å². The fraction of sp³-hybridized carbons (Fsp3) is 0.310. The van der Waals surface area contributed by atoms with E-state index in [4.69, 9.17) is 4.98 Å². The van der Waals surface area contributed by atoms with Crippen molar-refractivity contribution in [3.63, 3.8) is 0 Å². The number of anilines is 3. The van der Waals surface area contributed by atoms with Gasteiger partial charge in [0.15, 0.2) is 11.4 Å². The van der Waals surface area contributed by atoms with Gasteiger partial charge in [-0.2, -0.15) is 10.1 Å². The van der Waals surface area contributed by atoms with Crippen molar-refractivity contribution in [2.45, 2.75) is 6.42 Å². The van der Waals surface area contributed by atoms with E-state index in [0.29, 0.717) is 40.3 Å². The second-order valence-electron chi connectivity index (χ2n) is 10.1. The Morgan fingerprint density at radius 2 is 1.95 bits per heavy atom. The molecule has 0 bridgehead atoms. The Morgan fingerprint density at radius 3 is 2.74 bits per heavy atom.